The van der Waals surface area contributed by atoms with Gasteiger partial charge in [-0.25, -0.2) is 4.79 Å². The van der Waals surface area contributed by atoms with Crippen LogP contribution in [0, 0.1) is 5.41 Å². The Morgan fingerprint density at radius 2 is 1.78 bits per heavy atom. The number of carbonyl (C=O) groups excluding carboxylic acids is 1. The molecule has 1 aliphatic heterocycles. The van der Waals surface area contributed by atoms with E-state index >= 15 is 0 Å². The van der Waals surface area contributed by atoms with Crippen molar-refractivity contribution in [1.29, 1.82) is 0 Å². The molecule has 0 radical (unpaired) electrons. The normalized spacial score (nSPS) is 17.9. The van der Waals surface area contributed by atoms with E-state index in [-0.39, 0.29) is 11.4 Å². The molecule has 1 saturated heterocycles. The predicted octanol–water partition coefficient (Wildman–Crippen LogP) is 3.63. The number of anilines is 1. The van der Waals surface area contributed by atoms with Crippen molar-refractivity contribution >= 4 is 11.7 Å². The number of carbonyl (C=O) groups is 1. The highest BCUT2D eigenvalue weighted by atomic mass is 16.5. The maximum Gasteiger partial charge on any atom is 0.338 e. The summed E-state index contributed by atoms with van der Waals surface area (Å²) in [6.45, 7) is 10.4. The Hall–Kier alpha value is -1.55. The van der Waals surface area contributed by atoms with Crippen LogP contribution in [0.15, 0.2) is 24.3 Å². The molecule has 4 heteroatoms. The summed E-state index contributed by atoms with van der Waals surface area (Å²) in [6, 6.07) is 7.54. The fraction of sp³-hybridized carbons (Fsp3) is 0.632. The molecule has 0 unspecified atom stereocenters. The molecule has 4 nitrogen and oxygen atoms in total. The van der Waals surface area contributed by atoms with Crippen LogP contribution >= 0.6 is 0 Å². The maximum atomic E-state index is 11.7. The number of nitrogens with zero attached hydrogens (tertiary/aromatic N) is 1. The molecule has 0 spiro atoms. The highest BCUT2D eigenvalue weighted by Gasteiger charge is 2.35. The summed E-state index contributed by atoms with van der Waals surface area (Å²) in [5.41, 5.74) is 1.25. The number of rotatable bonds is 4. The average Bonchev–Trinajstić information content (AvgIpc) is 2.46. The van der Waals surface area contributed by atoms with Crippen molar-refractivity contribution in [3.8, 4) is 0 Å². The Morgan fingerprint density at radius 3 is 2.26 bits per heavy atom. The summed E-state index contributed by atoms with van der Waals surface area (Å²) < 4.78 is 5.00. The lowest BCUT2D eigenvalue weighted by Gasteiger charge is -2.42. The van der Waals surface area contributed by atoms with Crippen LogP contribution in [0.3, 0.4) is 0 Å². The van der Waals surface area contributed by atoms with Gasteiger partial charge in [0.2, 0.25) is 0 Å². The number of ether oxygens (including phenoxy) is 1. The highest BCUT2D eigenvalue weighted by Crippen LogP contribution is 2.35. The summed E-state index contributed by atoms with van der Waals surface area (Å²) in [4.78, 5) is 14.0. The van der Waals surface area contributed by atoms with E-state index in [9.17, 15) is 9.90 Å². The van der Waals surface area contributed by atoms with E-state index in [4.69, 9.17) is 4.74 Å². The lowest BCUT2D eigenvalue weighted by Crippen LogP contribution is -2.46. The third-order valence-electron chi connectivity index (χ3n) is 4.30. The molecule has 1 aromatic rings. The zero-order chi connectivity index (χ0) is 17.1. The summed E-state index contributed by atoms with van der Waals surface area (Å²) in [6.07, 6.45) is 2.39. The van der Waals surface area contributed by atoms with E-state index in [1.54, 1.807) is 6.92 Å². The largest absolute Gasteiger partial charge is 0.462 e. The molecule has 1 N–H and O–H groups in total. The monoisotopic (exact) mass is 319 g/mol. The van der Waals surface area contributed by atoms with Crippen LogP contribution in [0.4, 0.5) is 5.69 Å². The van der Waals surface area contributed by atoms with E-state index in [2.05, 4.69) is 25.7 Å². The first-order valence-corrected chi connectivity index (χ1v) is 8.47. The Kier molecular flexibility index (Phi) is 5.35. The molecule has 0 atom stereocenters. The summed E-state index contributed by atoms with van der Waals surface area (Å²) in [5.74, 6) is -0.280. The molecule has 2 rings (SSSR count). The van der Waals surface area contributed by atoms with Gasteiger partial charge in [-0.3, -0.25) is 0 Å². The molecule has 0 aromatic heterocycles. The minimum absolute atomic E-state index is 0.137. The Labute approximate surface area is 139 Å². The minimum atomic E-state index is -0.556. The lowest BCUT2D eigenvalue weighted by molar-refractivity contribution is -0.0187. The Bertz CT molecular complexity index is 523. The van der Waals surface area contributed by atoms with Gasteiger partial charge in [-0.1, -0.05) is 20.8 Å². The van der Waals surface area contributed by atoms with Gasteiger partial charge in [-0.05, 0) is 55.9 Å². The number of piperidine rings is 1. The van der Waals surface area contributed by atoms with Crippen molar-refractivity contribution in [2.24, 2.45) is 5.41 Å². The topological polar surface area (TPSA) is 49.8 Å². The average molecular weight is 319 g/mol. The van der Waals surface area contributed by atoms with Crippen molar-refractivity contribution in [2.45, 2.75) is 52.6 Å². The number of hydrogen-bond donors (Lipinski definition) is 1. The molecule has 0 saturated carbocycles. The SMILES string of the molecule is CCOC(=O)c1ccc(N2CCC(O)(CC(C)(C)C)CC2)cc1. The molecule has 1 aromatic carbocycles. The highest BCUT2D eigenvalue weighted by molar-refractivity contribution is 5.89. The second-order valence-electron chi connectivity index (χ2n) is 7.72. The third-order valence-corrected chi connectivity index (χ3v) is 4.30. The summed E-state index contributed by atoms with van der Waals surface area (Å²) in [5, 5.41) is 10.8. The summed E-state index contributed by atoms with van der Waals surface area (Å²) >= 11 is 0. The van der Waals surface area contributed by atoms with Gasteiger partial charge in [0.05, 0.1) is 17.8 Å². The first-order valence-electron chi connectivity index (χ1n) is 8.47. The van der Waals surface area contributed by atoms with Crippen molar-refractivity contribution < 1.29 is 14.6 Å². The van der Waals surface area contributed by atoms with Gasteiger partial charge < -0.3 is 14.7 Å². The smallest absolute Gasteiger partial charge is 0.338 e. The minimum Gasteiger partial charge on any atom is -0.462 e. The van der Waals surface area contributed by atoms with E-state index in [0.29, 0.717) is 12.2 Å². The lowest BCUT2D eigenvalue weighted by atomic mass is 9.77. The van der Waals surface area contributed by atoms with Crippen LogP contribution in [0.25, 0.3) is 0 Å². The zero-order valence-corrected chi connectivity index (χ0v) is 14.8. The van der Waals surface area contributed by atoms with Crippen LogP contribution in [-0.2, 0) is 4.74 Å². The molecule has 0 aliphatic carbocycles. The van der Waals surface area contributed by atoms with Crippen molar-refractivity contribution in [1.82, 2.24) is 0 Å². The number of esters is 1. The van der Waals surface area contributed by atoms with E-state index in [1.807, 2.05) is 24.3 Å². The first kappa shape index (κ1) is 17.8. The fourth-order valence-corrected chi connectivity index (χ4v) is 3.37. The van der Waals surface area contributed by atoms with Crippen LogP contribution in [0.2, 0.25) is 0 Å². The molecule has 128 valence electrons. The van der Waals surface area contributed by atoms with Gasteiger partial charge >= 0.3 is 5.97 Å². The molecule has 1 heterocycles. The molecule has 1 aliphatic rings. The van der Waals surface area contributed by atoms with Crippen LogP contribution in [0.1, 0.15) is 57.3 Å². The standard InChI is InChI=1S/C19H29NO3/c1-5-23-17(21)15-6-8-16(9-7-15)20-12-10-19(22,11-13-20)14-18(2,3)4/h6-9,22H,5,10-14H2,1-4H3. The molecular formula is C19H29NO3. The molecule has 0 amide bonds. The van der Waals surface area contributed by atoms with Gasteiger partial charge in [0.15, 0.2) is 0 Å². The quantitative estimate of drug-likeness (QED) is 0.861. The van der Waals surface area contributed by atoms with Crippen molar-refractivity contribution in [2.75, 3.05) is 24.6 Å². The molecule has 1 fully saturated rings. The van der Waals surface area contributed by atoms with Crippen LogP contribution in [-0.4, -0.2) is 36.4 Å². The van der Waals surface area contributed by atoms with Crippen LogP contribution < -0.4 is 4.90 Å². The van der Waals surface area contributed by atoms with Gasteiger partial charge in [0.1, 0.15) is 0 Å². The van der Waals surface area contributed by atoms with E-state index in [1.165, 1.54) is 0 Å². The van der Waals surface area contributed by atoms with Gasteiger partial charge in [0, 0.05) is 18.8 Å². The second kappa shape index (κ2) is 6.91. The fourth-order valence-electron chi connectivity index (χ4n) is 3.37. The predicted molar refractivity (Wildman–Crippen MR) is 92.9 cm³/mol. The molecule has 23 heavy (non-hydrogen) atoms. The number of aliphatic hydroxyl groups is 1. The Morgan fingerprint density at radius 1 is 1.22 bits per heavy atom. The van der Waals surface area contributed by atoms with Gasteiger partial charge in [-0.2, -0.15) is 0 Å². The van der Waals surface area contributed by atoms with Gasteiger partial charge in [0.25, 0.3) is 0 Å². The molecular weight excluding hydrogens is 290 g/mol. The second-order valence-corrected chi connectivity index (χ2v) is 7.72. The van der Waals surface area contributed by atoms with E-state index < -0.39 is 5.60 Å². The van der Waals surface area contributed by atoms with E-state index in [0.717, 1.165) is 38.0 Å². The van der Waals surface area contributed by atoms with Crippen LogP contribution in [0.5, 0.6) is 0 Å². The first-order chi connectivity index (χ1) is 10.7. The number of hydrogen-bond acceptors (Lipinski definition) is 4. The number of benzene rings is 1. The van der Waals surface area contributed by atoms with Gasteiger partial charge in [-0.15, -0.1) is 0 Å². The zero-order valence-electron chi connectivity index (χ0n) is 14.8. The van der Waals surface area contributed by atoms with Crippen molar-refractivity contribution in [3.05, 3.63) is 29.8 Å². The maximum absolute atomic E-state index is 11.7. The molecule has 0 bridgehead atoms. The third kappa shape index (κ3) is 4.96. The summed E-state index contributed by atoms with van der Waals surface area (Å²) in [7, 11) is 0. The Balaban J connectivity index is 1.96. The van der Waals surface area contributed by atoms with Crippen molar-refractivity contribution in [3.63, 3.8) is 0 Å².